The Morgan fingerprint density at radius 3 is 2.45 bits per heavy atom. The van der Waals surface area contributed by atoms with Crippen molar-refractivity contribution in [2.24, 2.45) is 0 Å². The average Bonchev–Trinajstić information content (AvgIpc) is 2.79. The molecule has 0 bridgehead atoms. The minimum absolute atomic E-state index is 0.231. The number of halogens is 2. The summed E-state index contributed by atoms with van der Waals surface area (Å²) in [7, 11) is 0. The smallest absolute Gasteiger partial charge is 0.162 e. The van der Waals surface area contributed by atoms with Crippen LogP contribution in [0, 0.1) is 22.7 Å². The van der Waals surface area contributed by atoms with Gasteiger partial charge in [-0.1, -0.05) is 63.9 Å². The van der Waals surface area contributed by atoms with E-state index >= 15 is 0 Å². The van der Waals surface area contributed by atoms with E-state index in [0.29, 0.717) is 39.8 Å². The third kappa shape index (κ3) is 5.47. The molecule has 0 radical (unpaired) electrons. The van der Waals surface area contributed by atoms with Crippen molar-refractivity contribution in [3.8, 4) is 23.6 Å². The fourth-order valence-electron chi connectivity index (χ4n) is 2.96. The zero-order chi connectivity index (χ0) is 22.2. The molecule has 0 atom stereocenters. The molecule has 0 heterocycles. The number of benzene rings is 3. The summed E-state index contributed by atoms with van der Waals surface area (Å²) in [6.07, 6.45) is 1.75. The number of nitrogens with zero attached hydrogens (tertiary/aromatic N) is 2. The van der Waals surface area contributed by atoms with Crippen molar-refractivity contribution in [1.82, 2.24) is 0 Å². The highest BCUT2D eigenvalue weighted by Gasteiger charge is 2.13. The molecule has 0 saturated carbocycles. The Morgan fingerprint density at radius 1 is 1.03 bits per heavy atom. The first-order valence-corrected chi connectivity index (χ1v) is 10.7. The van der Waals surface area contributed by atoms with E-state index in [9.17, 15) is 10.5 Å². The van der Waals surface area contributed by atoms with E-state index in [-0.39, 0.29) is 6.61 Å². The zero-order valence-electron chi connectivity index (χ0n) is 16.7. The number of hydrogen-bond donors (Lipinski definition) is 0. The lowest BCUT2D eigenvalue weighted by Gasteiger charge is -2.15. The van der Waals surface area contributed by atoms with Crippen molar-refractivity contribution >= 4 is 39.2 Å². The predicted molar refractivity (Wildman–Crippen MR) is 126 cm³/mol. The highest BCUT2D eigenvalue weighted by molar-refractivity contribution is 9.10. The second-order valence-electron chi connectivity index (χ2n) is 6.46. The van der Waals surface area contributed by atoms with E-state index in [1.165, 1.54) is 0 Å². The summed E-state index contributed by atoms with van der Waals surface area (Å²) in [6, 6.07) is 22.5. The van der Waals surface area contributed by atoms with E-state index in [1.807, 2.05) is 43.3 Å². The van der Waals surface area contributed by atoms with Crippen LogP contribution in [0.15, 0.2) is 65.1 Å². The molecule has 0 amide bonds. The lowest BCUT2D eigenvalue weighted by Crippen LogP contribution is -2.02. The van der Waals surface area contributed by atoms with Crippen molar-refractivity contribution in [1.29, 1.82) is 10.5 Å². The quantitative estimate of drug-likeness (QED) is 0.262. The second-order valence-corrected chi connectivity index (χ2v) is 7.72. The molecule has 6 heteroatoms. The first-order chi connectivity index (χ1) is 15.1. The number of rotatable bonds is 7. The lowest BCUT2D eigenvalue weighted by molar-refractivity contribution is 0.269. The van der Waals surface area contributed by atoms with Gasteiger partial charge in [-0.25, -0.2) is 0 Å². The van der Waals surface area contributed by atoms with Crippen molar-refractivity contribution in [2.75, 3.05) is 6.61 Å². The van der Waals surface area contributed by atoms with Gasteiger partial charge >= 0.3 is 0 Å². The van der Waals surface area contributed by atoms with Gasteiger partial charge in [-0.15, -0.1) is 0 Å². The molecule has 0 aliphatic heterocycles. The minimum Gasteiger partial charge on any atom is -0.490 e. The van der Waals surface area contributed by atoms with E-state index in [1.54, 1.807) is 30.3 Å². The van der Waals surface area contributed by atoms with Gasteiger partial charge in [-0.3, -0.25) is 0 Å². The summed E-state index contributed by atoms with van der Waals surface area (Å²) in [4.78, 5) is 0. The van der Waals surface area contributed by atoms with Crippen molar-refractivity contribution in [3.63, 3.8) is 0 Å². The summed E-state index contributed by atoms with van der Waals surface area (Å²) < 4.78 is 12.5. The normalized spacial score (nSPS) is 10.8. The Kier molecular flexibility index (Phi) is 7.73. The van der Waals surface area contributed by atoms with Crippen LogP contribution in [0.25, 0.3) is 11.6 Å². The van der Waals surface area contributed by atoms with Gasteiger partial charge in [0.1, 0.15) is 6.61 Å². The molecule has 0 aliphatic carbocycles. The summed E-state index contributed by atoms with van der Waals surface area (Å²) >= 11 is 9.82. The van der Waals surface area contributed by atoms with Gasteiger partial charge in [0.15, 0.2) is 11.5 Å². The summed E-state index contributed by atoms with van der Waals surface area (Å²) in [5.41, 5.74) is 3.20. The average molecular weight is 494 g/mol. The van der Waals surface area contributed by atoms with Crippen molar-refractivity contribution in [2.45, 2.75) is 13.5 Å². The molecule has 0 spiro atoms. The van der Waals surface area contributed by atoms with Gasteiger partial charge in [-0.2, -0.15) is 10.5 Å². The molecule has 4 nitrogen and oxygen atoms in total. The highest BCUT2D eigenvalue weighted by Crippen LogP contribution is 2.36. The summed E-state index contributed by atoms with van der Waals surface area (Å²) in [5, 5.41) is 19.5. The SMILES string of the molecule is CCOc1cc(C=C(C#N)c2ccccc2Cl)c(Br)cc1OCc1ccccc1C#N. The number of hydrogen-bond acceptors (Lipinski definition) is 4. The Bertz CT molecular complexity index is 1210. The van der Waals surface area contributed by atoms with Gasteiger partial charge in [0, 0.05) is 20.6 Å². The molecule has 0 N–H and O–H groups in total. The third-order valence-corrected chi connectivity index (χ3v) is 5.48. The molecule has 3 aromatic rings. The zero-order valence-corrected chi connectivity index (χ0v) is 19.1. The third-order valence-electron chi connectivity index (χ3n) is 4.47. The van der Waals surface area contributed by atoms with Crippen LogP contribution < -0.4 is 9.47 Å². The Hall–Kier alpha value is -3.25. The van der Waals surface area contributed by atoms with E-state index < -0.39 is 0 Å². The maximum absolute atomic E-state index is 9.67. The molecule has 0 aromatic heterocycles. The van der Waals surface area contributed by atoms with Crippen LogP contribution in [0.3, 0.4) is 0 Å². The Labute approximate surface area is 195 Å². The molecule has 0 saturated heterocycles. The maximum atomic E-state index is 9.67. The number of nitriles is 2. The first kappa shape index (κ1) is 22.4. The highest BCUT2D eigenvalue weighted by atomic mass is 79.9. The largest absolute Gasteiger partial charge is 0.490 e. The fraction of sp³-hybridized carbons (Fsp3) is 0.120. The van der Waals surface area contributed by atoms with Crippen LogP contribution in [-0.2, 0) is 6.61 Å². The van der Waals surface area contributed by atoms with Gasteiger partial charge in [0.25, 0.3) is 0 Å². The van der Waals surface area contributed by atoms with Crippen molar-refractivity contribution < 1.29 is 9.47 Å². The van der Waals surface area contributed by atoms with Crippen LogP contribution >= 0.6 is 27.5 Å². The molecule has 0 fully saturated rings. The molecule has 3 aromatic carbocycles. The Morgan fingerprint density at radius 2 is 1.74 bits per heavy atom. The second kappa shape index (κ2) is 10.7. The van der Waals surface area contributed by atoms with Crippen LogP contribution in [0.1, 0.15) is 29.2 Å². The van der Waals surface area contributed by atoms with Crippen LogP contribution in [0.2, 0.25) is 5.02 Å². The van der Waals surface area contributed by atoms with Crippen LogP contribution in [-0.4, -0.2) is 6.61 Å². The van der Waals surface area contributed by atoms with Gasteiger partial charge in [0.2, 0.25) is 0 Å². The van der Waals surface area contributed by atoms with Crippen LogP contribution in [0.4, 0.5) is 0 Å². The first-order valence-electron chi connectivity index (χ1n) is 9.51. The van der Waals surface area contributed by atoms with E-state index in [2.05, 4.69) is 28.1 Å². The molecular weight excluding hydrogens is 476 g/mol. The number of ether oxygens (including phenoxy) is 2. The monoisotopic (exact) mass is 492 g/mol. The molecule has 0 unspecified atom stereocenters. The lowest BCUT2D eigenvalue weighted by atomic mass is 10.0. The van der Waals surface area contributed by atoms with Gasteiger partial charge in [0.05, 0.1) is 29.9 Å². The Balaban J connectivity index is 1.96. The summed E-state index contributed by atoms with van der Waals surface area (Å²) in [5.74, 6) is 1.08. The minimum atomic E-state index is 0.231. The topological polar surface area (TPSA) is 66.0 Å². The molecule has 31 heavy (non-hydrogen) atoms. The standard InChI is InChI=1S/C25H18BrClN2O2/c1-2-30-24-12-19(11-20(15-29)21-9-5-6-10-23(21)27)22(26)13-25(24)31-16-18-8-4-3-7-17(18)14-28/h3-13H,2,16H2,1H3. The molecule has 154 valence electrons. The van der Waals surface area contributed by atoms with Gasteiger partial charge in [-0.05, 0) is 42.8 Å². The van der Waals surface area contributed by atoms with E-state index in [4.69, 9.17) is 21.1 Å². The predicted octanol–water partition coefficient (Wildman–Crippen LogP) is 7.02. The fourth-order valence-corrected chi connectivity index (χ4v) is 3.63. The van der Waals surface area contributed by atoms with Crippen molar-refractivity contribution in [3.05, 3.63) is 92.4 Å². The van der Waals surface area contributed by atoms with E-state index in [0.717, 1.165) is 15.6 Å². The molecular formula is C25H18BrClN2O2. The molecule has 0 aliphatic rings. The molecule has 3 rings (SSSR count). The maximum Gasteiger partial charge on any atom is 0.162 e. The number of allylic oxidation sites excluding steroid dienone is 1. The van der Waals surface area contributed by atoms with Gasteiger partial charge < -0.3 is 9.47 Å². The summed E-state index contributed by atoms with van der Waals surface area (Å²) in [6.45, 7) is 2.57. The van der Waals surface area contributed by atoms with Crippen LogP contribution in [0.5, 0.6) is 11.5 Å².